The summed E-state index contributed by atoms with van der Waals surface area (Å²) in [5, 5.41) is 0. The maximum absolute atomic E-state index is 12.5. The van der Waals surface area contributed by atoms with Crippen LogP contribution in [0.1, 0.15) is 29.9 Å². The molecule has 0 radical (unpaired) electrons. The van der Waals surface area contributed by atoms with Gasteiger partial charge in [-0.25, -0.2) is 0 Å². The van der Waals surface area contributed by atoms with Gasteiger partial charge in [-0.1, -0.05) is 0 Å². The molecule has 0 unspecified atom stereocenters. The Kier molecular flexibility index (Phi) is 5.02. The van der Waals surface area contributed by atoms with Gasteiger partial charge in [0.1, 0.15) is 17.6 Å². The van der Waals surface area contributed by atoms with Crippen molar-refractivity contribution in [1.29, 1.82) is 0 Å². The highest BCUT2D eigenvalue weighted by atomic mass is 16.5. The first kappa shape index (κ1) is 18.0. The molecule has 1 aliphatic heterocycles. The lowest BCUT2D eigenvalue weighted by atomic mass is 10.1. The van der Waals surface area contributed by atoms with Crippen molar-refractivity contribution < 1.29 is 14.3 Å². The third-order valence-electron chi connectivity index (χ3n) is 4.39. The highest BCUT2D eigenvalue weighted by Gasteiger charge is 2.33. The number of carbonyl (C=O) groups is 1. The zero-order valence-electron chi connectivity index (χ0n) is 15.6. The molecule has 3 rings (SSSR count). The smallest absolute Gasteiger partial charge is 0.254 e. The Balaban J connectivity index is 1.56. The fourth-order valence-electron chi connectivity index (χ4n) is 2.81. The Morgan fingerprint density at radius 2 is 1.77 bits per heavy atom. The van der Waals surface area contributed by atoms with Gasteiger partial charge in [-0.05, 0) is 51.1 Å². The van der Waals surface area contributed by atoms with Crippen molar-refractivity contribution in [3.63, 3.8) is 0 Å². The van der Waals surface area contributed by atoms with Crippen LogP contribution >= 0.6 is 0 Å². The summed E-state index contributed by atoms with van der Waals surface area (Å²) in [6.07, 6.45) is 0.0114. The van der Waals surface area contributed by atoms with Crippen LogP contribution in [-0.4, -0.2) is 40.7 Å². The van der Waals surface area contributed by atoms with Crippen molar-refractivity contribution in [2.24, 2.45) is 7.05 Å². The Morgan fingerprint density at radius 3 is 2.35 bits per heavy atom. The topological polar surface area (TPSA) is 60.8 Å². The van der Waals surface area contributed by atoms with E-state index in [0.717, 1.165) is 11.4 Å². The van der Waals surface area contributed by atoms with Crippen molar-refractivity contribution in [2.45, 2.75) is 33.0 Å². The van der Waals surface area contributed by atoms with Crippen LogP contribution in [0.15, 0.2) is 41.2 Å². The van der Waals surface area contributed by atoms with E-state index in [2.05, 4.69) is 0 Å². The molecule has 0 aliphatic carbocycles. The van der Waals surface area contributed by atoms with E-state index in [-0.39, 0.29) is 23.7 Å². The van der Waals surface area contributed by atoms with Crippen molar-refractivity contribution in [3.05, 3.63) is 58.0 Å². The Labute approximate surface area is 153 Å². The van der Waals surface area contributed by atoms with Crippen molar-refractivity contribution >= 4 is 5.91 Å². The molecule has 1 aliphatic rings. The predicted octanol–water partition coefficient (Wildman–Crippen LogP) is 2.38. The molecule has 2 heterocycles. The van der Waals surface area contributed by atoms with Crippen molar-refractivity contribution in [2.75, 3.05) is 13.1 Å². The van der Waals surface area contributed by atoms with Crippen LogP contribution in [-0.2, 0) is 7.05 Å². The van der Waals surface area contributed by atoms with Gasteiger partial charge in [-0.3, -0.25) is 9.59 Å². The van der Waals surface area contributed by atoms with Gasteiger partial charge in [0, 0.05) is 24.4 Å². The molecule has 0 bridgehead atoms. The number of nitrogens with zero attached hydrogens (tertiary/aromatic N) is 2. The molecular weight excluding hydrogens is 332 g/mol. The molecule has 2 aromatic rings. The predicted molar refractivity (Wildman–Crippen MR) is 98.9 cm³/mol. The first-order valence-electron chi connectivity index (χ1n) is 8.74. The number of hydrogen-bond donors (Lipinski definition) is 0. The van der Waals surface area contributed by atoms with E-state index < -0.39 is 0 Å². The summed E-state index contributed by atoms with van der Waals surface area (Å²) in [6, 6.07) is 10.5. The molecule has 0 atom stereocenters. The second kappa shape index (κ2) is 7.23. The number of ether oxygens (including phenoxy) is 2. The highest BCUT2D eigenvalue weighted by Crippen LogP contribution is 2.21. The minimum absolute atomic E-state index is 0.0268. The molecule has 0 N–H and O–H groups in total. The number of rotatable bonds is 5. The van der Waals surface area contributed by atoms with Crippen LogP contribution in [0, 0.1) is 6.92 Å². The van der Waals surface area contributed by atoms with Gasteiger partial charge >= 0.3 is 0 Å². The first-order valence-corrected chi connectivity index (χ1v) is 8.74. The SMILES string of the molecule is Cc1cc(OC2CN(C(=O)c3ccc(OC(C)C)cc3)C2)cc(=O)n1C. The van der Waals surface area contributed by atoms with E-state index in [0.29, 0.717) is 24.4 Å². The molecule has 6 nitrogen and oxygen atoms in total. The largest absolute Gasteiger partial charge is 0.491 e. The molecule has 0 saturated carbocycles. The highest BCUT2D eigenvalue weighted by molar-refractivity contribution is 5.94. The van der Waals surface area contributed by atoms with Gasteiger partial charge in [0.2, 0.25) is 0 Å². The average Bonchev–Trinajstić information content (AvgIpc) is 2.55. The molecule has 1 amide bonds. The molecule has 1 fully saturated rings. The summed E-state index contributed by atoms with van der Waals surface area (Å²) in [5.41, 5.74) is 1.36. The summed E-state index contributed by atoms with van der Waals surface area (Å²) in [5.74, 6) is 1.28. The second-order valence-electron chi connectivity index (χ2n) is 6.87. The van der Waals surface area contributed by atoms with Gasteiger partial charge in [0.05, 0.1) is 19.2 Å². The van der Waals surface area contributed by atoms with Gasteiger partial charge in [0.15, 0.2) is 0 Å². The first-order chi connectivity index (χ1) is 12.3. The van der Waals surface area contributed by atoms with E-state index in [4.69, 9.17) is 9.47 Å². The summed E-state index contributed by atoms with van der Waals surface area (Å²) in [4.78, 5) is 26.0. The quantitative estimate of drug-likeness (QED) is 0.825. The third-order valence-corrected chi connectivity index (χ3v) is 4.39. The van der Waals surface area contributed by atoms with E-state index in [1.807, 2.05) is 39.0 Å². The van der Waals surface area contributed by atoms with Gasteiger partial charge in [0.25, 0.3) is 11.5 Å². The molecule has 138 valence electrons. The summed E-state index contributed by atoms with van der Waals surface area (Å²) >= 11 is 0. The van der Waals surface area contributed by atoms with Crippen LogP contribution in [0.2, 0.25) is 0 Å². The molecule has 1 saturated heterocycles. The number of amides is 1. The number of hydrogen-bond acceptors (Lipinski definition) is 4. The fourth-order valence-corrected chi connectivity index (χ4v) is 2.81. The van der Waals surface area contributed by atoms with E-state index in [9.17, 15) is 9.59 Å². The summed E-state index contributed by atoms with van der Waals surface area (Å²) in [6.45, 7) is 6.80. The maximum Gasteiger partial charge on any atom is 0.254 e. The lowest BCUT2D eigenvalue weighted by Crippen LogP contribution is -2.56. The zero-order valence-corrected chi connectivity index (χ0v) is 15.6. The maximum atomic E-state index is 12.5. The summed E-state index contributed by atoms with van der Waals surface area (Å²) < 4.78 is 13.0. The minimum Gasteiger partial charge on any atom is -0.491 e. The second-order valence-corrected chi connectivity index (χ2v) is 6.87. The van der Waals surface area contributed by atoms with E-state index >= 15 is 0 Å². The standard InChI is InChI=1S/C20H24N2O4/c1-13(2)25-16-7-5-15(6-8-16)20(24)22-11-18(12-22)26-17-9-14(3)21(4)19(23)10-17/h5-10,13,18H,11-12H2,1-4H3. The third kappa shape index (κ3) is 3.90. The van der Waals surface area contributed by atoms with Crippen LogP contribution in [0.25, 0.3) is 0 Å². The molecule has 1 aromatic carbocycles. The number of aromatic nitrogens is 1. The monoisotopic (exact) mass is 356 g/mol. The number of likely N-dealkylation sites (tertiary alicyclic amines) is 1. The van der Waals surface area contributed by atoms with Gasteiger partial charge in [-0.15, -0.1) is 0 Å². The van der Waals surface area contributed by atoms with Crippen LogP contribution in [0.3, 0.4) is 0 Å². The molecule has 0 spiro atoms. The molecular formula is C20H24N2O4. The zero-order chi connectivity index (χ0) is 18.8. The number of pyridine rings is 1. The van der Waals surface area contributed by atoms with Crippen LogP contribution in [0.5, 0.6) is 11.5 Å². The van der Waals surface area contributed by atoms with Gasteiger partial charge < -0.3 is 18.9 Å². The lowest BCUT2D eigenvalue weighted by Gasteiger charge is -2.39. The number of carbonyl (C=O) groups excluding carboxylic acids is 1. The fraction of sp³-hybridized carbons (Fsp3) is 0.400. The van der Waals surface area contributed by atoms with E-state index in [1.165, 1.54) is 6.07 Å². The number of benzene rings is 1. The molecule has 26 heavy (non-hydrogen) atoms. The summed E-state index contributed by atoms with van der Waals surface area (Å²) in [7, 11) is 1.72. The Bertz CT molecular complexity index is 849. The van der Waals surface area contributed by atoms with Crippen LogP contribution in [0.4, 0.5) is 0 Å². The van der Waals surface area contributed by atoms with Gasteiger partial charge in [-0.2, -0.15) is 0 Å². The normalized spacial score (nSPS) is 14.3. The molecule has 1 aromatic heterocycles. The number of aryl methyl sites for hydroxylation is 1. The Morgan fingerprint density at radius 1 is 1.12 bits per heavy atom. The average molecular weight is 356 g/mol. The van der Waals surface area contributed by atoms with Crippen molar-refractivity contribution in [3.8, 4) is 11.5 Å². The van der Waals surface area contributed by atoms with E-state index in [1.54, 1.807) is 28.6 Å². The van der Waals surface area contributed by atoms with Crippen molar-refractivity contribution in [1.82, 2.24) is 9.47 Å². The minimum atomic E-state index is -0.101. The lowest BCUT2D eigenvalue weighted by molar-refractivity contribution is 0.0176. The van der Waals surface area contributed by atoms with Crippen LogP contribution < -0.4 is 15.0 Å². The molecule has 6 heteroatoms. The Hall–Kier alpha value is -2.76.